The maximum Gasteiger partial charge on any atom is 0.120 e. The monoisotopic (exact) mass is 406 g/mol. The topological polar surface area (TPSA) is 26.6 Å². The number of ether oxygens (including phenoxy) is 2. The van der Waals surface area contributed by atoms with Gasteiger partial charge in [-0.1, -0.05) is 12.5 Å². The minimum Gasteiger partial charge on any atom is -0.497 e. The quantitative estimate of drug-likeness (QED) is 0.448. The molecule has 0 atom stereocenters. The maximum atomic E-state index is 6.00. The molecular formula is C26H34N2O2. The molecule has 0 amide bonds. The Hall–Kier alpha value is -2.46. The van der Waals surface area contributed by atoms with Crippen LogP contribution in [0.1, 0.15) is 42.4 Å². The second-order valence-corrected chi connectivity index (χ2v) is 8.52. The van der Waals surface area contributed by atoms with Crippen LogP contribution in [-0.4, -0.2) is 36.3 Å². The molecule has 1 aliphatic heterocycles. The molecule has 4 nitrogen and oxygen atoms in total. The van der Waals surface area contributed by atoms with Gasteiger partial charge in [0.15, 0.2) is 0 Å². The molecule has 2 aromatic carbocycles. The van der Waals surface area contributed by atoms with Gasteiger partial charge in [-0.15, -0.1) is 0 Å². The first kappa shape index (κ1) is 20.8. The lowest BCUT2D eigenvalue weighted by molar-refractivity contribution is 0.221. The van der Waals surface area contributed by atoms with Crippen molar-refractivity contribution in [2.75, 3.05) is 26.8 Å². The van der Waals surface area contributed by atoms with Crippen molar-refractivity contribution < 1.29 is 9.47 Å². The second-order valence-electron chi connectivity index (χ2n) is 8.52. The number of benzene rings is 2. The molecule has 1 saturated heterocycles. The molecule has 0 radical (unpaired) electrons. The number of piperidine rings is 1. The highest BCUT2D eigenvalue weighted by Gasteiger charge is 2.15. The zero-order chi connectivity index (χ0) is 20.9. The lowest BCUT2D eigenvalue weighted by atomic mass is 10.1. The molecular weight excluding hydrogens is 372 g/mol. The van der Waals surface area contributed by atoms with E-state index in [4.69, 9.17) is 9.47 Å². The molecule has 0 N–H and O–H groups in total. The van der Waals surface area contributed by atoms with Gasteiger partial charge in [-0.05, 0) is 87.2 Å². The average molecular weight is 407 g/mol. The third-order valence-electron chi connectivity index (χ3n) is 6.31. The van der Waals surface area contributed by atoms with Crippen LogP contribution in [0.3, 0.4) is 0 Å². The van der Waals surface area contributed by atoms with Crippen LogP contribution in [0.2, 0.25) is 0 Å². The van der Waals surface area contributed by atoms with Crippen LogP contribution in [0.4, 0.5) is 0 Å². The summed E-state index contributed by atoms with van der Waals surface area (Å²) < 4.78 is 13.9. The highest BCUT2D eigenvalue weighted by Crippen LogP contribution is 2.28. The summed E-state index contributed by atoms with van der Waals surface area (Å²) in [6, 6.07) is 12.8. The zero-order valence-corrected chi connectivity index (χ0v) is 18.6. The molecule has 0 aliphatic carbocycles. The summed E-state index contributed by atoms with van der Waals surface area (Å²) in [6.45, 7) is 9.38. The minimum absolute atomic E-state index is 0.716. The lowest BCUT2D eigenvalue weighted by Gasteiger charge is -2.26. The van der Waals surface area contributed by atoms with Crippen LogP contribution < -0.4 is 9.47 Å². The smallest absolute Gasteiger partial charge is 0.120 e. The van der Waals surface area contributed by atoms with Crippen molar-refractivity contribution in [3.8, 4) is 11.5 Å². The molecule has 0 saturated carbocycles. The van der Waals surface area contributed by atoms with Crippen LogP contribution in [0.15, 0.2) is 42.6 Å². The Kier molecular flexibility index (Phi) is 6.63. The van der Waals surface area contributed by atoms with E-state index in [0.29, 0.717) is 6.61 Å². The number of aromatic nitrogens is 1. The molecule has 1 aliphatic rings. The summed E-state index contributed by atoms with van der Waals surface area (Å²) >= 11 is 0. The van der Waals surface area contributed by atoms with Crippen LogP contribution in [0.25, 0.3) is 10.9 Å². The van der Waals surface area contributed by atoms with E-state index < -0.39 is 0 Å². The van der Waals surface area contributed by atoms with Gasteiger partial charge in [-0.2, -0.15) is 0 Å². The van der Waals surface area contributed by atoms with E-state index in [1.54, 1.807) is 7.11 Å². The number of likely N-dealkylation sites (tertiary alicyclic amines) is 1. The summed E-state index contributed by atoms with van der Waals surface area (Å²) in [4.78, 5) is 2.59. The van der Waals surface area contributed by atoms with Crippen LogP contribution >= 0.6 is 0 Å². The summed E-state index contributed by atoms with van der Waals surface area (Å²) in [6.07, 6.45) is 7.33. The lowest BCUT2D eigenvalue weighted by Crippen LogP contribution is -2.28. The van der Waals surface area contributed by atoms with E-state index in [1.807, 2.05) is 0 Å². The summed E-state index contributed by atoms with van der Waals surface area (Å²) in [5, 5.41) is 1.34. The van der Waals surface area contributed by atoms with Gasteiger partial charge in [0.1, 0.15) is 11.5 Å². The molecule has 2 heterocycles. The van der Waals surface area contributed by atoms with Crippen molar-refractivity contribution in [3.63, 3.8) is 0 Å². The summed E-state index contributed by atoms with van der Waals surface area (Å²) in [5.74, 6) is 1.88. The molecule has 1 fully saturated rings. The Morgan fingerprint density at radius 1 is 0.900 bits per heavy atom. The SMILES string of the molecule is COc1ccc2c(CN3CCCCC3)cn(CCCOc3ccc(C)c(C)c3)c2c1. The van der Waals surface area contributed by atoms with Gasteiger partial charge in [0.25, 0.3) is 0 Å². The summed E-state index contributed by atoms with van der Waals surface area (Å²) in [5.41, 5.74) is 5.26. The van der Waals surface area contributed by atoms with Crippen molar-refractivity contribution in [3.05, 3.63) is 59.3 Å². The van der Waals surface area contributed by atoms with Crippen molar-refractivity contribution >= 4 is 10.9 Å². The first-order chi connectivity index (χ1) is 14.6. The standard InChI is InChI=1S/C26H34N2O2/c1-20-8-9-24(16-21(20)2)30-15-7-14-28-19-22(18-27-12-5-4-6-13-27)25-11-10-23(29-3)17-26(25)28/h8-11,16-17,19H,4-7,12-15,18H2,1-3H3. The number of aryl methyl sites for hydroxylation is 3. The van der Waals surface area contributed by atoms with Gasteiger partial charge in [-0.3, -0.25) is 4.90 Å². The Bertz CT molecular complexity index is 986. The molecule has 0 bridgehead atoms. The van der Waals surface area contributed by atoms with Crippen molar-refractivity contribution in [1.29, 1.82) is 0 Å². The van der Waals surface area contributed by atoms with Crippen LogP contribution in [0.5, 0.6) is 11.5 Å². The van der Waals surface area contributed by atoms with Gasteiger partial charge >= 0.3 is 0 Å². The van der Waals surface area contributed by atoms with Gasteiger partial charge in [0.05, 0.1) is 19.2 Å². The molecule has 3 aromatic rings. The molecule has 160 valence electrons. The van der Waals surface area contributed by atoms with Gasteiger partial charge < -0.3 is 14.0 Å². The maximum absolute atomic E-state index is 6.00. The number of rotatable bonds is 8. The third kappa shape index (κ3) is 4.81. The van der Waals surface area contributed by atoms with E-state index >= 15 is 0 Å². The average Bonchev–Trinajstić information content (AvgIpc) is 3.11. The first-order valence-electron chi connectivity index (χ1n) is 11.2. The van der Waals surface area contributed by atoms with E-state index in [0.717, 1.165) is 31.0 Å². The van der Waals surface area contributed by atoms with Crippen molar-refractivity contribution in [2.24, 2.45) is 0 Å². The predicted octanol–water partition coefficient (Wildman–Crippen LogP) is 5.72. The van der Waals surface area contributed by atoms with Gasteiger partial charge in [-0.25, -0.2) is 0 Å². The van der Waals surface area contributed by atoms with Crippen LogP contribution in [-0.2, 0) is 13.1 Å². The number of methoxy groups -OCH3 is 1. The van der Waals surface area contributed by atoms with Crippen molar-refractivity contribution in [2.45, 2.75) is 52.6 Å². The second kappa shape index (κ2) is 9.57. The molecule has 1 aromatic heterocycles. The fraction of sp³-hybridized carbons (Fsp3) is 0.462. The number of hydrogen-bond acceptors (Lipinski definition) is 3. The van der Waals surface area contributed by atoms with Crippen molar-refractivity contribution in [1.82, 2.24) is 9.47 Å². The Morgan fingerprint density at radius 3 is 2.47 bits per heavy atom. The number of fused-ring (bicyclic) bond motifs is 1. The van der Waals surface area contributed by atoms with E-state index in [1.165, 1.54) is 59.9 Å². The largest absolute Gasteiger partial charge is 0.497 e. The third-order valence-corrected chi connectivity index (χ3v) is 6.31. The minimum atomic E-state index is 0.716. The normalized spacial score (nSPS) is 14.9. The van der Waals surface area contributed by atoms with E-state index in [2.05, 4.69) is 65.9 Å². The van der Waals surface area contributed by atoms with E-state index in [-0.39, 0.29) is 0 Å². The summed E-state index contributed by atoms with van der Waals surface area (Å²) in [7, 11) is 1.74. The Labute approximate surface area is 180 Å². The highest BCUT2D eigenvalue weighted by molar-refractivity contribution is 5.85. The highest BCUT2D eigenvalue weighted by atomic mass is 16.5. The molecule has 0 spiro atoms. The Morgan fingerprint density at radius 2 is 1.70 bits per heavy atom. The fourth-order valence-corrected chi connectivity index (χ4v) is 4.37. The van der Waals surface area contributed by atoms with Gasteiger partial charge in [0, 0.05) is 30.7 Å². The van der Waals surface area contributed by atoms with Crippen LogP contribution in [0, 0.1) is 13.8 Å². The fourth-order valence-electron chi connectivity index (χ4n) is 4.37. The molecule has 4 heteroatoms. The molecule has 0 unspecified atom stereocenters. The number of hydrogen-bond donors (Lipinski definition) is 0. The first-order valence-corrected chi connectivity index (χ1v) is 11.2. The Balaban J connectivity index is 1.45. The van der Waals surface area contributed by atoms with Gasteiger partial charge in [0.2, 0.25) is 0 Å². The predicted molar refractivity (Wildman–Crippen MR) is 124 cm³/mol. The molecule has 30 heavy (non-hydrogen) atoms. The number of nitrogens with zero attached hydrogens (tertiary/aromatic N) is 2. The zero-order valence-electron chi connectivity index (χ0n) is 18.6. The van der Waals surface area contributed by atoms with E-state index in [9.17, 15) is 0 Å². The molecule has 4 rings (SSSR count).